The number of rotatable bonds is 5. The van der Waals surface area contributed by atoms with Gasteiger partial charge in [-0.25, -0.2) is 0 Å². The van der Waals surface area contributed by atoms with E-state index in [-0.39, 0.29) is 12.3 Å². The number of nitrogens with zero attached hydrogens (tertiary/aromatic N) is 1. The van der Waals surface area contributed by atoms with Gasteiger partial charge in [0.25, 0.3) is 5.69 Å². The topological polar surface area (TPSA) is 72.6 Å². The summed E-state index contributed by atoms with van der Waals surface area (Å²) in [4.78, 5) is 11.5. The van der Waals surface area contributed by atoms with Crippen LogP contribution in [0.4, 0.5) is 5.69 Å². The predicted octanol–water partition coefficient (Wildman–Crippen LogP) is 2.79. The van der Waals surface area contributed by atoms with Gasteiger partial charge in [0, 0.05) is 22.4 Å². The minimum atomic E-state index is -0.439. The van der Waals surface area contributed by atoms with Gasteiger partial charge in [-0.1, -0.05) is 6.07 Å². The number of ether oxygens (including phenoxy) is 1. The number of benzene rings is 1. The average molecular weight is 279 g/mol. The number of nitro groups is 1. The normalized spacial score (nSPS) is 12.1. The Morgan fingerprint density at radius 1 is 1.47 bits per heavy atom. The van der Waals surface area contributed by atoms with Crippen molar-refractivity contribution in [1.82, 2.24) is 0 Å². The van der Waals surface area contributed by atoms with Crippen molar-refractivity contribution < 1.29 is 14.8 Å². The molecule has 0 bridgehead atoms. The molecule has 100 valence electrons. The number of hydrogen-bond donors (Lipinski definition) is 1. The van der Waals surface area contributed by atoms with Gasteiger partial charge in [-0.05, 0) is 23.6 Å². The summed E-state index contributed by atoms with van der Waals surface area (Å²) >= 11 is 1.46. The number of hydrogen-bond acceptors (Lipinski definition) is 5. The summed E-state index contributed by atoms with van der Waals surface area (Å²) in [7, 11) is 1.50. The van der Waals surface area contributed by atoms with Gasteiger partial charge < -0.3 is 9.84 Å². The Kier molecular flexibility index (Phi) is 4.13. The first-order chi connectivity index (χ1) is 9.17. The zero-order valence-corrected chi connectivity index (χ0v) is 11.1. The molecule has 0 saturated carbocycles. The molecule has 2 rings (SSSR count). The van der Waals surface area contributed by atoms with Crippen LogP contribution in [-0.2, 0) is 0 Å². The number of nitro benzene ring substituents is 1. The van der Waals surface area contributed by atoms with E-state index in [1.54, 1.807) is 12.1 Å². The highest BCUT2D eigenvalue weighted by Gasteiger charge is 2.24. The Balaban J connectivity index is 2.54. The first-order valence-electron chi connectivity index (χ1n) is 5.64. The molecule has 1 aromatic heterocycles. The van der Waals surface area contributed by atoms with E-state index >= 15 is 0 Å². The van der Waals surface area contributed by atoms with Crippen molar-refractivity contribution in [3.05, 3.63) is 56.3 Å². The van der Waals surface area contributed by atoms with Crippen molar-refractivity contribution in [1.29, 1.82) is 0 Å². The molecule has 0 fully saturated rings. The Labute approximate surface area is 114 Å². The van der Waals surface area contributed by atoms with E-state index in [1.807, 2.05) is 17.5 Å². The first-order valence-corrected chi connectivity index (χ1v) is 6.52. The van der Waals surface area contributed by atoms with Gasteiger partial charge in [0.05, 0.1) is 18.6 Å². The molecule has 0 spiro atoms. The van der Waals surface area contributed by atoms with Gasteiger partial charge in [0.1, 0.15) is 5.75 Å². The monoisotopic (exact) mass is 279 g/mol. The van der Waals surface area contributed by atoms with Crippen LogP contribution in [-0.4, -0.2) is 23.7 Å². The van der Waals surface area contributed by atoms with Crippen LogP contribution in [0.5, 0.6) is 5.75 Å². The number of methoxy groups -OCH3 is 1. The first kappa shape index (κ1) is 13.5. The van der Waals surface area contributed by atoms with Crippen LogP contribution in [0.1, 0.15) is 16.4 Å². The summed E-state index contributed by atoms with van der Waals surface area (Å²) in [6.07, 6.45) is 0. The zero-order chi connectivity index (χ0) is 13.8. The van der Waals surface area contributed by atoms with E-state index < -0.39 is 10.8 Å². The summed E-state index contributed by atoms with van der Waals surface area (Å²) in [5.74, 6) is 0.131. The molecule has 0 aliphatic carbocycles. The van der Waals surface area contributed by atoms with Crippen LogP contribution in [0.15, 0.2) is 35.7 Å². The third kappa shape index (κ3) is 2.74. The summed E-state index contributed by atoms with van der Waals surface area (Å²) in [5, 5.41) is 22.5. The molecule has 0 radical (unpaired) electrons. The minimum absolute atomic E-state index is 0.00625. The molecule has 0 aliphatic heterocycles. The van der Waals surface area contributed by atoms with Gasteiger partial charge >= 0.3 is 0 Å². The molecule has 1 atom stereocenters. The zero-order valence-electron chi connectivity index (χ0n) is 10.3. The van der Waals surface area contributed by atoms with Crippen LogP contribution in [0, 0.1) is 10.1 Å². The van der Waals surface area contributed by atoms with Crippen molar-refractivity contribution in [2.75, 3.05) is 13.7 Å². The Morgan fingerprint density at radius 2 is 2.26 bits per heavy atom. The van der Waals surface area contributed by atoms with E-state index in [0.29, 0.717) is 11.3 Å². The highest BCUT2D eigenvalue weighted by atomic mass is 32.1. The van der Waals surface area contributed by atoms with Gasteiger partial charge in [0.2, 0.25) is 0 Å². The fourth-order valence-electron chi connectivity index (χ4n) is 1.94. The second-order valence-corrected chi connectivity index (χ2v) is 4.91. The van der Waals surface area contributed by atoms with Crippen molar-refractivity contribution in [3.63, 3.8) is 0 Å². The quantitative estimate of drug-likeness (QED) is 0.674. The molecular formula is C13H13NO4S. The minimum Gasteiger partial charge on any atom is -0.497 e. The third-order valence-corrected chi connectivity index (χ3v) is 3.86. The molecule has 6 heteroatoms. The molecule has 1 unspecified atom stereocenters. The van der Waals surface area contributed by atoms with Gasteiger partial charge in [-0.3, -0.25) is 10.1 Å². The molecule has 0 aliphatic rings. The lowest BCUT2D eigenvalue weighted by Gasteiger charge is -2.14. The van der Waals surface area contributed by atoms with Crippen molar-refractivity contribution in [2.24, 2.45) is 0 Å². The maximum Gasteiger partial charge on any atom is 0.273 e. The molecule has 1 aromatic carbocycles. The van der Waals surface area contributed by atoms with E-state index in [2.05, 4.69) is 0 Å². The molecule has 1 N–H and O–H groups in total. The van der Waals surface area contributed by atoms with E-state index in [0.717, 1.165) is 4.88 Å². The van der Waals surface area contributed by atoms with Crippen molar-refractivity contribution >= 4 is 17.0 Å². The lowest BCUT2D eigenvalue weighted by Crippen LogP contribution is -2.07. The second kappa shape index (κ2) is 5.81. The van der Waals surface area contributed by atoms with Crippen LogP contribution in [0.2, 0.25) is 0 Å². The van der Waals surface area contributed by atoms with Crippen LogP contribution < -0.4 is 4.74 Å². The maximum atomic E-state index is 11.1. The molecule has 1 heterocycles. The summed E-state index contributed by atoms with van der Waals surface area (Å²) in [6.45, 7) is -0.186. The molecular weight excluding hydrogens is 266 g/mol. The molecule has 19 heavy (non-hydrogen) atoms. The van der Waals surface area contributed by atoms with Crippen molar-refractivity contribution in [3.8, 4) is 5.75 Å². The summed E-state index contributed by atoms with van der Waals surface area (Å²) in [5.41, 5.74) is 0.461. The largest absolute Gasteiger partial charge is 0.497 e. The molecule has 0 amide bonds. The number of aliphatic hydroxyl groups excluding tert-OH is 1. The van der Waals surface area contributed by atoms with Crippen molar-refractivity contribution in [2.45, 2.75) is 5.92 Å². The van der Waals surface area contributed by atoms with Gasteiger partial charge in [-0.15, -0.1) is 11.3 Å². The van der Waals surface area contributed by atoms with Crippen LogP contribution in [0.3, 0.4) is 0 Å². The summed E-state index contributed by atoms with van der Waals surface area (Å²) in [6, 6.07) is 8.27. The predicted molar refractivity (Wildman–Crippen MR) is 72.9 cm³/mol. The maximum absolute atomic E-state index is 11.1. The fraction of sp³-hybridized carbons (Fsp3) is 0.231. The summed E-state index contributed by atoms with van der Waals surface area (Å²) < 4.78 is 5.10. The molecule has 2 aromatic rings. The lowest BCUT2D eigenvalue weighted by atomic mass is 9.96. The molecule has 0 saturated heterocycles. The Morgan fingerprint density at radius 3 is 2.79 bits per heavy atom. The SMILES string of the molecule is COc1ccc([N+](=O)[O-])c(C(CO)c2cccs2)c1. The lowest BCUT2D eigenvalue weighted by molar-refractivity contribution is -0.385. The highest BCUT2D eigenvalue weighted by Crippen LogP contribution is 2.35. The highest BCUT2D eigenvalue weighted by molar-refractivity contribution is 7.10. The smallest absolute Gasteiger partial charge is 0.273 e. The number of aliphatic hydroxyl groups is 1. The average Bonchev–Trinajstić information content (AvgIpc) is 2.93. The Hall–Kier alpha value is -1.92. The molecule has 5 nitrogen and oxygen atoms in total. The van der Waals surface area contributed by atoms with E-state index in [1.165, 1.54) is 24.5 Å². The van der Waals surface area contributed by atoms with Gasteiger partial charge in [-0.2, -0.15) is 0 Å². The van der Waals surface area contributed by atoms with Gasteiger partial charge in [0.15, 0.2) is 0 Å². The van der Waals surface area contributed by atoms with E-state index in [9.17, 15) is 15.2 Å². The van der Waals surface area contributed by atoms with E-state index in [4.69, 9.17) is 4.74 Å². The fourth-order valence-corrected chi connectivity index (χ4v) is 2.77. The standard InChI is InChI=1S/C13H13NO4S/c1-18-9-4-5-12(14(16)17)10(7-9)11(8-15)13-3-2-6-19-13/h2-7,11,15H,8H2,1H3. The Bertz CT molecular complexity index is 568. The second-order valence-electron chi connectivity index (χ2n) is 3.93. The number of thiophene rings is 1. The van der Waals surface area contributed by atoms with Crippen LogP contribution in [0.25, 0.3) is 0 Å². The van der Waals surface area contributed by atoms with Crippen LogP contribution >= 0.6 is 11.3 Å². The third-order valence-electron chi connectivity index (χ3n) is 2.88.